The first-order chi connectivity index (χ1) is 15.6. The summed E-state index contributed by atoms with van der Waals surface area (Å²) in [5.74, 6) is -1.08. The smallest absolute Gasteiger partial charge is 0.277 e. The summed E-state index contributed by atoms with van der Waals surface area (Å²) in [7, 11) is 0. The van der Waals surface area contributed by atoms with E-state index >= 15 is 0 Å². The van der Waals surface area contributed by atoms with Gasteiger partial charge < -0.3 is 5.32 Å². The summed E-state index contributed by atoms with van der Waals surface area (Å²) in [6.45, 7) is 0. The molecule has 0 bridgehead atoms. The Kier molecular flexibility index (Phi) is 6.90. The number of nitrogens with zero attached hydrogens (tertiary/aromatic N) is 2. The fraction of sp³-hybridized carbons (Fsp3) is 0.269. The van der Waals surface area contributed by atoms with Gasteiger partial charge in [0.1, 0.15) is 17.6 Å². The van der Waals surface area contributed by atoms with Crippen molar-refractivity contribution < 1.29 is 14.0 Å². The van der Waals surface area contributed by atoms with Crippen molar-refractivity contribution in [2.24, 2.45) is 0 Å². The molecule has 1 aliphatic carbocycles. The van der Waals surface area contributed by atoms with E-state index in [1.807, 2.05) is 18.2 Å². The SMILES string of the molecule is O=C(NC1CCCCC1)[C@@H](c1ccc(F)cc1)N(C(=O)c1ccccn1)c1ccccc1. The lowest BCUT2D eigenvalue weighted by molar-refractivity contribution is -0.123. The van der Waals surface area contributed by atoms with Crippen molar-refractivity contribution in [1.29, 1.82) is 0 Å². The number of carbonyl (C=O) groups is 2. The Labute approximate surface area is 187 Å². The summed E-state index contributed by atoms with van der Waals surface area (Å²) < 4.78 is 13.7. The van der Waals surface area contributed by atoms with Crippen LogP contribution in [0.4, 0.5) is 10.1 Å². The number of halogens is 1. The standard InChI is InChI=1S/C26H26FN3O2/c27-20-16-14-19(15-17-20)24(25(31)29-21-9-3-1-4-10-21)30(22-11-5-2-6-12-22)26(32)23-13-7-8-18-28-23/h2,5-8,11-18,21,24H,1,3-4,9-10H2,(H,29,31)/t24-/m1/s1. The molecule has 1 aliphatic rings. The fourth-order valence-corrected chi connectivity index (χ4v) is 4.17. The molecule has 32 heavy (non-hydrogen) atoms. The van der Waals surface area contributed by atoms with Crippen LogP contribution < -0.4 is 10.2 Å². The molecule has 1 fully saturated rings. The number of benzene rings is 2. The first kappa shape index (κ1) is 21.7. The van der Waals surface area contributed by atoms with Crippen LogP contribution in [0.25, 0.3) is 0 Å². The molecule has 1 heterocycles. The minimum absolute atomic E-state index is 0.0711. The number of para-hydroxylation sites is 1. The summed E-state index contributed by atoms with van der Waals surface area (Å²) in [4.78, 5) is 32.9. The van der Waals surface area contributed by atoms with Crippen LogP contribution in [0.5, 0.6) is 0 Å². The van der Waals surface area contributed by atoms with Gasteiger partial charge in [-0.1, -0.05) is 55.7 Å². The normalized spacial score (nSPS) is 15.0. The molecular formula is C26H26FN3O2. The molecule has 1 saturated carbocycles. The number of hydrogen-bond acceptors (Lipinski definition) is 3. The monoisotopic (exact) mass is 431 g/mol. The Bertz CT molecular complexity index is 1040. The highest BCUT2D eigenvalue weighted by atomic mass is 19.1. The Balaban J connectivity index is 1.77. The molecule has 1 atom stereocenters. The Hall–Kier alpha value is -3.54. The van der Waals surface area contributed by atoms with Crippen LogP contribution in [0.1, 0.15) is 54.2 Å². The number of pyridine rings is 1. The van der Waals surface area contributed by atoms with E-state index in [2.05, 4.69) is 10.3 Å². The molecule has 4 rings (SSSR count). The molecule has 164 valence electrons. The van der Waals surface area contributed by atoms with E-state index in [1.165, 1.54) is 23.5 Å². The fourth-order valence-electron chi connectivity index (χ4n) is 4.17. The lowest BCUT2D eigenvalue weighted by atomic mass is 9.94. The van der Waals surface area contributed by atoms with E-state index in [-0.39, 0.29) is 17.6 Å². The van der Waals surface area contributed by atoms with Crippen LogP contribution in [0.15, 0.2) is 79.0 Å². The van der Waals surface area contributed by atoms with E-state index in [4.69, 9.17) is 0 Å². The molecule has 5 nitrogen and oxygen atoms in total. The summed E-state index contributed by atoms with van der Waals surface area (Å²) in [6, 6.07) is 19.0. The average molecular weight is 432 g/mol. The largest absolute Gasteiger partial charge is 0.351 e. The topological polar surface area (TPSA) is 62.3 Å². The summed E-state index contributed by atoms with van der Waals surface area (Å²) in [5.41, 5.74) is 1.33. The third kappa shape index (κ3) is 5.02. The van der Waals surface area contributed by atoms with Crippen molar-refractivity contribution in [1.82, 2.24) is 10.3 Å². The van der Waals surface area contributed by atoms with Crippen molar-refractivity contribution in [3.63, 3.8) is 0 Å². The predicted molar refractivity (Wildman–Crippen MR) is 122 cm³/mol. The Morgan fingerprint density at radius 3 is 2.25 bits per heavy atom. The zero-order valence-electron chi connectivity index (χ0n) is 17.8. The summed E-state index contributed by atoms with van der Waals surface area (Å²) in [5, 5.41) is 3.14. The van der Waals surface area contributed by atoms with Crippen molar-refractivity contribution >= 4 is 17.5 Å². The number of carbonyl (C=O) groups excluding carboxylic acids is 2. The number of amides is 2. The molecule has 0 unspecified atom stereocenters. The van der Waals surface area contributed by atoms with E-state index < -0.39 is 17.8 Å². The van der Waals surface area contributed by atoms with Gasteiger partial charge in [-0.15, -0.1) is 0 Å². The average Bonchev–Trinajstić information content (AvgIpc) is 2.84. The molecule has 1 N–H and O–H groups in total. The van der Waals surface area contributed by atoms with E-state index in [0.29, 0.717) is 11.3 Å². The zero-order valence-corrected chi connectivity index (χ0v) is 17.8. The highest BCUT2D eigenvalue weighted by molar-refractivity contribution is 6.09. The van der Waals surface area contributed by atoms with Gasteiger partial charge in [0.2, 0.25) is 5.91 Å². The van der Waals surface area contributed by atoms with Gasteiger partial charge in [-0.05, 0) is 54.8 Å². The van der Waals surface area contributed by atoms with Gasteiger partial charge in [0, 0.05) is 17.9 Å². The molecule has 6 heteroatoms. The van der Waals surface area contributed by atoms with E-state index in [0.717, 1.165) is 25.7 Å². The van der Waals surface area contributed by atoms with Gasteiger partial charge in [0.05, 0.1) is 0 Å². The number of aromatic nitrogens is 1. The van der Waals surface area contributed by atoms with Crippen LogP contribution in [-0.4, -0.2) is 22.8 Å². The molecule has 2 amide bonds. The third-order valence-electron chi connectivity index (χ3n) is 5.78. The van der Waals surface area contributed by atoms with Crippen molar-refractivity contribution in [2.75, 3.05) is 4.90 Å². The first-order valence-electron chi connectivity index (χ1n) is 11.0. The van der Waals surface area contributed by atoms with Gasteiger partial charge in [-0.2, -0.15) is 0 Å². The molecule has 0 aliphatic heterocycles. The van der Waals surface area contributed by atoms with E-state index in [1.54, 1.807) is 48.7 Å². The van der Waals surface area contributed by atoms with Gasteiger partial charge in [0.25, 0.3) is 5.91 Å². The van der Waals surface area contributed by atoms with Crippen molar-refractivity contribution in [2.45, 2.75) is 44.2 Å². The minimum atomic E-state index is -0.963. The quantitative estimate of drug-likeness (QED) is 0.594. The zero-order chi connectivity index (χ0) is 22.3. The van der Waals surface area contributed by atoms with Crippen molar-refractivity contribution in [3.05, 3.63) is 96.1 Å². The second-order valence-electron chi connectivity index (χ2n) is 8.02. The van der Waals surface area contributed by atoms with Crippen LogP contribution in [0.2, 0.25) is 0 Å². The summed E-state index contributed by atoms with van der Waals surface area (Å²) >= 11 is 0. The first-order valence-corrected chi connectivity index (χ1v) is 11.0. The molecule has 3 aromatic rings. The second-order valence-corrected chi connectivity index (χ2v) is 8.02. The maximum absolute atomic E-state index is 13.7. The second kappa shape index (κ2) is 10.2. The van der Waals surface area contributed by atoms with Gasteiger partial charge in [-0.3, -0.25) is 19.5 Å². The molecule has 0 radical (unpaired) electrons. The minimum Gasteiger partial charge on any atom is -0.351 e. The van der Waals surface area contributed by atoms with Crippen LogP contribution >= 0.6 is 0 Å². The van der Waals surface area contributed by atoms with Crippen LogP contribution in [-0.2, 0) is 4.79 Å². The lowest BCUT2D eigenvalue weighted by Crippen LogP contribution is -2.47. The molecule has 0 saturated heterocycles. The van der Waals surface area contributed by atoms with Crippen LogP contribution in [0, 0.1) is 5.82 Å². The summed E-state index contributed by atoms with van der Waals surface area (Å²) in [6.07, 6.45) is 6.69. The number of hydrogen-bond donors (Lipinski definition) is 1. The van der Waals surface area contributed by atoms with Gasteiger partial charge in [-0.25, -0.2) is 4.39 Å². The lowest BCUT2D eigenvalue weighted by Gasteiger charge is -2.33. The number of nitrogens with one attached hydrogen (secondary N) is 1. The number of anilines is 1. The van der Waals surface area contributed by atoms with E-state index in [9.17, 15) is 14.0 Å². The number of rotatable bonds is 6. The Morgan fingerprint density at radius 1 is 0.906 bits per heavy atom. The van der Waals surface area contributed by atoms with Crippen LogP contribution in [0.3, 0.4) is 0 Å². The van der Waals surface area contributed by atoms with Gasteiger partial charge in [0.15, 0.2) is 0 Å². The molecule has 2 aromatic carbocycles. The molecule has 0 spiro atoms. The predicted octanol–water partition coefficient (Wildman–Crippen LogP) is 5.06. The van der Waals surface area contributed by atoms with Gasteiger partial charge >= 0.3 is 0 Å². The maximum Gasteiger partial charge on any atom is 0.277 e. The third-order valence-corrected chi connectivity index (χ3v) is 5.78. The molecular weight excluding hydrogens is 405 g/mol. The highest BCUT2D eigenvalue weighted by Crippen LogP contribution is 2.30. The molecule has 1 aromatic heterocycles. The van der Waals surface area contributed by atoms with Crippen molar-refractivity contribution in [3.8, 4) is 0 Å². The Morgan fingerprint density at radius 2 is 1.59 bits per heavy atom. The maximum atomic E-state index is 13.7. The highest BCUT2D eigenvalue weighted by Gasteiger charge is 2.35.